The fourth-order valence-electron chi connectivity index (χ4n) is 4.35. The monoisotopic (exact) mass is 524 g/mol. The van der Waals surface area contributed by atoms with Gasteiger partial charge in [-0.1, -0.05) is 97.1 Å². The van der Waals surface area contributed by atoms with E-state index >= 15 is 0 Å². The maximum absolute atomic E-state index is 12.4. The molecule has 0 aliphatic rings. The summed E-state index contributed by atoms with van der Waals surface area (Å²) < 4.78 is 12.2. The van der Waals surface area contributed by atoms with E-state index in [1.807, 2.05) is 85.8 Å². The molecule has 0 bridgehead atoms. The Bertz CT molecular complexity index is 1300. The van der Waals surface area contributed by atoms with Gasteiger partial charge in [0.1, 0.15) is 25.4 Å². The number of nitrogens with one attached hydrogen (secondary N) is 1. The number of aliphatic hydroxyl groups is 1. The maximum Gasteiger partial charge on any atom is 0.237 e. The van der Waals surface area contributed by atoms with Gasteiger partial charge in [-0.25, -0.2) is 0 Å². The molecule has 0 heterocycles. The molecule has 3 atom stereocenters. The number of carbonyl (C=O) groups is 1. The molecule has 4 rings (SSSR count). The van der Waals surface area contributed by atoms with E-state index in [2.05, 4.69) is 17.4 Å². The van der Waals surface area contributed by atoms with Gasteiger partial charge in [-0.05, 0) is 54.2 Å². The quantitative estimate of drug-likeness (QED) is 0.207. The molecule has 1 amide bonds. The van der Waals surface area contributed by atoms with Gasteiger partial charge in [0.15, 0.2) is 11.5 Å². The number of hydrogen-bond acceptors (Lipinski definition) is 5. The number of aliphatic hydroxyl groups excluding tert-OH is 1. The van der Waals surface area contributed by atoms with Crippen LogP contribution in [0.1, 0.15) is 41.7 Å². The summed E-state index contributed by atoms with van der Waals surface area (Å²) in [6, 6.07) is 34.0. The SMILES string of the molecule is CC(CCc1ccccc1)N[C@H](C(N)=O)C(O)c1ccc(OCc2ccccc2)c(OCc2ccccc2)c1. The van der Waals surface area contributed by atoms with Crippen LogP contribution >= 0.6 is 0 Å². The van der Waals surface area contributed by atoms with Crippen LogP contribution in [0.2, 0.25) is 0 Å². The zero-order valence-electron chi connectivity index (χ0n) is 22.2. The van der Waals surface area contributed by atoms with Crippen LogP contribution in [0.25, 0.3) is 0 Å². The van der Waals surface area contributed by atoms with E-state index in [9.17, 15) is 9.90 Å². The third kappa shape index (κ3) is 8.43. The normalized spacial score (nSPS) is 13.3. The molecule has 0 aliphatic carbocycles. The highest BCUT2D eigenvalue weighted by Crippen LogP contribution is 2.33. The van der Waals surface area contributed by atoms with Crippen LogP contribution in [0.15, 0.2) is 109 Å². The van der Waals surface area contributed by atoms with Crippen molar-refractivity contribution in [1.82, 2.24) is 5.32 Å². The lowest BCUT2D eigenvalue weighted by molar-refractivity contribution is -0.123. The van der Waals surface area contributed by atoms with Crippen LogP contribution in [0.3, 0.4) is 0 Å². The number of rotatable bonds is 14. The van der Waals surface area contributed by atoms with Gasteiger partial charge < -0.3 is 25.6 Å². The van der Waals surface area contributed by atoms with E-state index in [4.69, 9.17) is 15.2 Å². The van der Waals surface area contributed by atoms with Crippen molar-refractivity contribution in [3.05, 3.63) is 131 Å². The first-order chi connectivity index (χ1) is 19.0. The third-order valence-corrected chi connectivity index (χ3v) is 6.58. The van der Waals surface area contributed by atoms with E-state index in [1.54, 1.807) is 18.2 Å². The number of aryl methyl sites for hydroxylation is 1. The highest BCUT2D eigenvalue weighted by atomic mass is 16.5. The zero-order valence-corrected chi connectivity index (χ0v) is 22.2. The number of hydrogen-bond donors (Lipinski definition) is 3. The van der Waals surface area contributed by atoms with Crippen molar-refractivity contribution in [2.45, 2.75) is 51.2 Å². The molecule has 6 heteroatoms. The summed E-state index contributed by atoms with van der Waals surface area (Å²) in [7, 11) is 0. The summed E-state index contributed by atoms with van der Waals surface area (Å²) in [5.74, 6) is 0.405. The van der Waals surface area contributed by atoms with Crippen LogP contribution in [-0.2, 0) is 24.4 Å². The summed E-state index contributed by atoms with van der Waals surface area (Å²) in [6.45, 7) is 2.69. The molecule has 4 aromatic rings. The summed E-state index contributed by atoms with van der Waals surface area (Å²) in [4.78, 5) is 12.4. The number of nitrogens with two attached hydrogens (primary N) is 1. The zero-order chi connectivity index (χ0) is 27.5. The predicted octanol–water partition coefficient (Wildman–Crippen LogP) is 5.34. The summed E-state index contributed by atoms with van der Waals surface area (Å²) >= 11 is 0. The molecule has 0 fully saturated rings. The lowest BCUT2D eigenvalue weighted by atomic mass is 9.99. The van der Waals surface area contributed by atoms with Crippen LogP contribution < -0.4 is 20.5 Å². The van der Waals surface area contributed by atoms with E-state index in [-0.39, 0.29) is 6.04 Å². The van der Waals surface area contributed by atoms with Crippen molar-refractivity contribution >= 4 is 5.91 Å². The van der Waals surface area contributed by atoms with Gasteiger partial charge in [-0.3, -0.25) is 4.79 Å². The molecule has 4 N–H and O–H groups in total. The second-order valence-corrected chi connectivity index (χ2v) is 9.67. The van der Waals surface area contributed by atoms with E-state index in [0.717, 1.165) is 24.0 Å². The Morgan fingerprint density at radius 3 is 1.82 bits per heavy atom. The lowest BCUT2D eigenvalue weighted by Crippen LogP contribution is -2.49. The van der Waals surface area contributed by atoms with E-state index < -0.39 is 18.1 Å². The number of ether oxygens (including phenoxy) is 2. The van der Waals surface area contributed by atoms with Gasteiger partial charge in [0, 0.05) is 6.04 Å². The minimum Gasteiger partial charge on any atom is -0.485 e. The van der Waals surface area contributed by atoms with Gasteiger partial charge in [0.05, 0.1) is 0 Å². The Morgan fingerprint density at radius 1 is 0.769 bits per heavy atom. The first-order valence-electron chi connectivity index (χ1n) is 13.2. The molecule has 4 aromatic carbocycles. The summed E-state index contributed by atoms with van der Waals surface area (Å²) in [5, 5.41) is 14.5. The molecule has 0 spiro atoms. The second-order valence-electron chi connectivity index (χ2n) is 9.67. The van der Waals surface area contributed by atoms with Gasteiger partial charge in [-0.15, -0.1) is 0 Å². The largest absolute Gasteiger partial charge is 0.485 e. The molecular formula is C33H36N2O4. The van der Waals surface area contributed by atoms with Gasteiger partial charge in [-0.2, -0.15) is 0 Å². The van der Waals surface area contributed by atoms with Crippen LogP contribution in [-0.4, -0.2) is 23.1 Å². The minimum absolute atomic E-state index is 0.0420. The number of primary amides is 1. The Balaban J connectivity index is 1.49. The molecule has 2 unspecified atom stereocenters. The van der Waals surface area contributed by atoms with E-state index in [0.29, 0.717) is 30.3 Å². The van der Waals surface area contributed by atoms with Crippen molar-refractivity contribution in [2.24, 2.45) is 5.73 Å². The van der Waals surface area contributed by atoms with Crippen molar-refractivity contribution in [3.8, 4) is 11.5 Å². The van der Waals surface area contributed by atoms with Gasteiger partial charge in [0.2, 0.25) is 5.91 Å². The second kappa shape index (κ2) is 14.1. The topological polar surface area (TPSA) is 93.8 Å². The van der Waals surface area contributed by atoms with Crippen LogP contribution in [0, 0.1) is 0 Å². The van der Waals surface area contributed by atoms with E-state index in [1.165, 1.54) is 5.56 Å². The molecule has 0 aromatic heterocycles. The van der Waals surface area contributed by atoms with Crippen LogP contribution in [0.4, 0.5) is 0 Å². The Morgan fingerprint density at radius 2 is 1.28 bits per heavy atom. The minimum atomic E-state index is -1.16. The standard InChI is InChI=1S/C33H36N2O4/c1-24(17-18-25-11-5-2-6-12-25)35-31(33(34)37)32(36)28-19-20-29(38-22-26-13-7-3-8-14-26)30(21-28)39-23-27-15-9-4-10-16-27/h2-16,19-21,24,31-32,35-36H,17-18,22-23H2,1H3,(H2,34,37)/t24?,31-,32?/m0/s1. The molecule has 0 saturated heterocycles. The van der Waals surface area contributed by atoms with Crippen molar-refractivity contribution in [3.63, 3.8) is 0 Å². The van der Waals surface area contributed by atoms with Crippen molar-refractivity contribution in [2.75, 3.05) is 0 Å². The maximum atomic E-state index is 12.4. The molecule has 39 heavy (non-hydrogen) atoms. The van der Waals surface area contributed by atoms with Crippen molar-refractivity contribution < 1.29 is 19.4 Å². The highest BCUT2D eigenvalue weighted by molar-refractivity contribution is 5.81. The first-order valence-corrected chi connectivity index (χ1v) is 13.2. The number of benzene rings is 4. The molecule has 202 valence electrons. The third-order valence-electron chi connectivity index (χ3n) is 6.58. The molecule has 0 saturated carbocycles. The van der Waals surface area contributed by atoms with Crippen LogP contribution in [0.5, 0.6) is 11.5 Å². The average molecular weight is 525 g/mol. The fraction of sp³-hybridized carbons (Fsp3) is 0.242. The Labute approximate surface area is 230 Å². The molecule has 6 nitrogen and oxygen atoms in total. The Hall–Kier alpha value is -4.13. The average Bonchev–Trinajstić information content (AvgIpc) is 2.98. The molecule has 0 radical (unpaired) electrons. The smallest absolute Gasteiger partial charge is 0.237 e. The van der Waals surface area contributed by atoms with Gasteiger partial charge in [0.25, 0.3) is 0 Å². The molecular weight excluding hydrogens is 488 g/mol. The summed E-state index contributed by atoms with van der Waals surface area (Å²) in [5.41, 5.74) is 9.48. The Kier molecular flexibility index (Phi) is 10.1. The predicted molar refractivity (Wildman–Crippen MR) is 153 cm³/mol. The van der Waals surface area contributed by atoms with Gasteiger partial charge >= 0.3 is 0 Å². The lowest BCUT2D eigenvalue weighted by Gasteiger charge is -2.26. The summed E-state index contributed by atoms with van der Waals surface area (Å²) in [6.07, 6.45) is 0.476. The number of carbonyl (C=O) groups excluding carboxylic acids is 1. The number of amides is 1. The first kappa shape index (κ1) is 27.9. The molecule has 0 aliphatic heterocycles. The van der Waals surface area contributed by atoms with Crippen molar-refractivity contribution in [1.29, 1.82) is 0 Å². The highest BCUT2D eigenvalue weighted by Gasteiger charge is 2.28. The fourth-order valence-corrected chi connectivity index (χ4v) is 4.35.